The SMILES string of the molecule is CC(NCC(C)C(C)C)c1cccc2ccccc12. The van der Waals surface area contributed by atoms with Crippen LogP contribution in [0.15, 0.2) is 42.5 Å². The molecular formula is C18H25N. The molecule has 1 nitrogen and oxygen atoms in total. The van der Waals surface area contributed by atoms with Gasteiger partial charge in [0, 0.05) is 6.04 Å². The highest BCUT2D eigenvalue weighted by atomic mass is 14.9. The van der Waals surface area contributed by atoms with Crippen LogP contribution in [0, 0.1) is 11.8 Å². The van der Waals surface area contributed by atoms with Crippen molar-refractivity contribution >= 4 is 10.8 Å². The van der Waals surface area contributed by atoms with Gasteiger partial charge < -0.3 is 5.32 Å². The Labute approximate surface area is 117 Å². The highest BCUT2D eigenvalue weighted by molar-refractivity contribution is 5.86. The van der Waals surface area contributed by atoms with Crippen LogP contribution in [-0.4, -0.2) is 6.54 Å². The van der Waals surface area contributed by atoms with Crippen molar-refractivity contribution in [2.75, 3.05) is 6.54 Å². The molecule has 2 aromatic carbocycles. The van der Waals surface area contributed by atoms with Crippen LogP contribution in [0.1, 0.15) is 39.3 Å². The molecule has 0 saturated carbocycles. The highest BCUT2D eigenvalue weighted by Crippen LogP contribution is 2.24. The van der Waals surface area contributed by atoms with Gasteiger partial charge in [-0.2, -0.15) is 0 Å². The highest BCUT2D eigenvalue weighted by Gasteiger charge is 2.11. The van der Waals surface area contributed by atoms with Crippen LogP contribution in [-0.2, 0) is 0 Å². The van der Waals surface area contributed by atoms with E-state index in [1.165, 1.54) is 16.3 Å². The average molecular weight is 255 g/mol. The Morgan fingerprint density at radius 1 is 0.895 bits per heavy atom. The zero-order chi connectivity index (χ0) is 13.8. The fourth-order valence-corrected chi connectivity index (χ4v) is 2.34. The summed E-state index contributed by atoms with van der Waals surface area (Å²) in [6.45, 7) is 10.2. The lowest BCUT2D eigenvalue weighted by Gasteiger charge is -2.21. The van der Waals surface area contributed by atoms with Crippen LogP contribution in [0.25, 0.3) is 10.8 Å². The predicted molar refractivity (Wildman–Crippen MR) is 84.4 cm³/mol. The van der Waals surface area contributed by atoms with Gasteiger partial charge in [-0.3, -0.25) is 0 Å². The smallest absolute Gasteiger partial charge is 0.0298 e. The van der Waals surface area contributed by atoms with Gasteiger partial charge in [0.2, 0.25) is 0 Å². The van der Waals surface area contributed by atoms with Crippen LogP contribution in [0.4, 0.5) is 0 Å². The second-order valence-electron chi connectivity index (χ2n) is 5.92. The molecule has 2 aromatic rings. The number of benzene rings is 2. The monoisotopic (exact) mass is 255 g/mol. The fraction of sp³-hybridized carbons (Fsp3) is 0.444. The van der Waals surface area contributed by atoms with E-state index >= 15 is 0 Å². The van der Waals surface area contributed by atoms with E-state index < -0.39 is 0 Å². The Balaban J connectivity index is 2.15. The van der Waals surface area contributed by atoms with Gasteiger partial charge in [-0.25, -0.2) is 0 Å². The van der Waals surface area contributed by atoms with Gasteiger partial charge in [0.15, 0.2) is 0 Å². The van der Waals surface area contributed by atoms with Crippen LogP contribution >= 0.6 is 0 Å². The largest absolute Gasteiger partial charge is 0.310 e. The molecule has 0 spiro atoms. The van der Waals surface area contributed by atoms with Crippen molar-refractivity contribution in [2.45, 2.75) is 33.7 Å². The van der Waals surface area contributed by atoms with Gasteiger partial charge >= 0.3 is 0 Å². The topological polar surface area (TPSA) is 12.0 Å². The molecule has 0 aliphatic carbocycles. The summed E-state index contributed by atoms with van der Waals surface area (Å²) >= 11 is 0. The van der Waals surface area contributed by atoms with Gasteiger partial charge in [0.1, 0.15) is 0 Å². The first-order valence-electron chi connectivity index (χ1n) is 7.30. The molecule has 0 heterocycles. The van der Waals surface area contributed by atoms with E-state index in [1.807, 2.05) is 0 Å². The Hall–Kier alpha value is -1.34. The molecule has 1 N–H and O–H groups in total. The maximum atomic E-state index is 3.67. The molecule has 2 unspecified atom stereocenters. The van der Waals surface area contributed by atoms with E-state index in [-0.39, 0.29) is 0 Å². The number of nitrogens with one attached hydrogen (secondary N) is 1. The van der Waals surface area contributed by atoms with Crippen molar-refractivity contribution in [2.24, 2.45) is 11.8 Å². The van der Waals surface area contributed by atoms with Gasteiger partial charge in [-0.1, -0.05) is 63.2 Å². The first-order valence-corrected chi connectivity index (χ1v) is 7.30. The summed E-state index contributed by atoms with van der Waals surface area (Å²) < 4.78 is 0. The van der Waals surface area contributed by atoms with E-state index in [2.05, 4.69) is 75.5 Å². The van der Waals surface area contributed by atoms with Crippen LogP contribution < -0.4 is 5.32 Å². The lowest BCUT2D eigenvalue weighted by molar-refractivity contribution is 0.376. The summed E-state index contributed by atoms with van der Waals surface area (Å²) in [5.74, 6) is 1.43. The van der Waals surface area contributed by atoms with E-state index in [1.54, 1.807) is 0 Å². The van der Waals surface area contributed by atoms with Gasteiger partial charge in [-0.05, 0) is 41.6 Å². The van der Waals surface area contributed by atoms with E-state index in [0.717, 1.165) is 12.5 Å². The van der Waals surface area contributed by atoms with Crippen molar-refractivity contribution in [3.05, 3.63) is 48.0 Å². The number of hydrogen-bond acceptors (Lipinski definition) is 1. The molecule has 0 bridgehead atoms. The van der Waals surface area contributed by atoms with Gasteiger partial charge in [-0.15, -0.1) is 0 Å². The molecule has 102 valence electrons. The van der Waals surface area contributed by atoms with Crippen molar-refractivity contribution in [1.29, 1.82) is 0 Å². The molecule has 0 aliphatic rings. The zero-order valence-electron chi connectivity index (χ0n) is 12.5. The fourth-order valence-electron chi connectivity index (χ4n) is 2.34. The lowest BCUT2D eigenvalue weighted by atomic mass is 9.96. The van der Waals surface area contributed by atoms with Crippen molar-refractivity contribution in [3.8, 4) is 0 Å². The molecule has 0 aliphatic heterocycles. The van der Waals surface area contributed by atoms with Crippen molar-refractivity contribution in [3.63, 3.8) is 0 Å². The molecule has 0 amide bonds. The van der Waals surface area contributed by atoms with E-state index in [0.29, 0.717) is 12.0 Å². The third-order valence-electron chi connectivity index (χ3n) is 4.17. The first kappa shape index (κ1) is 14.1. The van der Waals surface area contributed by atoms with Crippen LogP contribution in [0.2, 0.25) is 0 Å². The van der Waals surface area contributed by atoms with Crippen molar-refractivity contribution < 1.29 is 0 Å². The third-order valence-corrected chi connectivity index (χ3v) is 4.17. The van der Waals surface area contributed by atoms with E-state index in [4.69, 9.17) is 0 Å². The normalized spacial score (nSPS) is 14.8. The van der Waals surface area contributed by atoms with Gasteiger partial charge in [0.05, 0.1) is 0 Å². The second kappa shape index (κ2) is 6.21. The Bertz CT molecular complexity index is 525. The van der Waals surface area contributed by atoms with Crippen molar-refractivity contribution in [1.82, 2.24) is 5.32 Å². The Morgan fingerprint density at radius 2 is 1.58 bits per heavy atom. The minimum atomic E-state index is 0.396. The maximum Gasteiger partial charge on any atom is 0.0298 e. The number of rotatable bonds is 5. The Kier molecular flexibility index (Phi) is 4.60. The summed E-state index contributed by atoms with van der Waals surface area (Å²) in [6, 6.07) is 15.6. The Morgan fingerprint density at radius 3 is 2.32 bits per heavy atom. The number of hydrogen-bond donors (Lipinski definition) is 1. The maximum absolute atomic E-state index is 3.67. The molecule has 2 rings (SSSR count). The zero-order valence-corrected chi connectivity index (χ0v) is 12.5. The summed E-state index contributed by atoms with van der Waals surface area (Å²) in [6.07, 6.45) is 0. The summed E-state index contributed by atoms with van der Waals surface area (Å²) in [4.78, 5) is 0. The lowest BCUT2D eigenvalue weighted by Crippen LogP contribution is -2.26. The molecule has 19 heavy (non-hydrogen) atoms. The van der Waals surface area contributed by atoms with Crippen LogP contribution in [0.5, 0.6) is 0 Å². The standard InChI is InChI=1S/C18H25N/c1-13(2)14(3)12-19-15(4)17-11-7-9-16-8-5-6-10-18(16)17/h5-11,13-15,19H,12H2,1-4H3. The predicted octanol–water partition coefficient (Wildman–Crippen LogP) is 4.78. The second-order valence-corrected chi connectivity index (χ2v) is 5.92. The molecule has 0 saturated heterocycles. The summed E-state index contributed by atoms with van der Waals surface area (Å²) in [5, 5.41) is 6.36. The molecule has 1 heteroatoms. The molecule has 0 aromatic heterocycles. The molecular weight excluding hydrogens is 230 g/mol. The minimum Gasteiger partial charge on any atom is -0.310 e. The quantitative estimate of drug-likeness (QED) is 0.810. The summed E-state index contributed by atoms with van der Waals surface area (Å²) in [5.41, 5.74) is 1.40. The average Bonchev–Trinajstić information content (AvgIpc) is 2.43. The molecule has 2 atom stereocenters. The first-order chi connectivity index (χ1) is 9.09. The van der Waals surface area contributed by atoms with Gasteiger partial charge in [0.25, 0.3) is 0 Å². The molecule has 0 fully saturated rings. The minimum absolute atomic E-state index is 0.396. The number of fused-ring (bicyclic) bond motifs is 1. The molecule has 0 radical (unpaired) electrons. The van der Waals surface area contributed by atoms with E-state index in [9.17, 15) is 0 Å². The summed E-state index contributed by atoms with van der Waals surface area (Å²) in [7, 11) is 0. The third kappa shape index (κ3) is 3.36. The van der Waals surface area contributed by atoms with Crippen LogP contribution in [0.3, 0.4) is 0 Å².